The Morgan fingerprint density at radius 1 is 1.65 bits per heavy atom. The van der Waals surface area contributed by atoms with Crippen molar-refractivity contribution in [3.8, 4) is 0 Å². The Kier molecular flexibility index (Phi) is 4.78. The lowest BCUT2D eigenvalue weighted by Crippen LogP contribution is -2.35. The van der Waals surface area contributed by atoms with Crippen molar-refractivity contribution < 1.29 is 14.3 Å². The highest BCUT2D eigenvalue weighted by molar-refractivity contribution is 7.09. The number of thiazole rings is 1. The molecule has 0 spiro atoms. The smallest absolute Gasteiger partial charge is 0.317 e. The van der Waals surface area contributed by atoms with Gasteiger partial charge in [0.2, 0.25) is 0 Å². The fourth-order valence-electron chi connectivity index (χ4n) is 2.07. The van der Waals surface area contributed by atoms with E-state index in [-0.39, 0.29) is 12.1 Å². The molecule has 0 radical (unpaired) electrons. The number of likely N-dealkylation sites (N-methyl/N-ethyl adjacent to an activating group) is 1. The van der Waals surface area contributed by atoms with Crippen molar-refractivity contribution in [3.63, 3.8) is 0 Å². The molecule has 2 rings (SSSR count). The number of aromatic nitrogens is 1. The number of carbonyl (C=O) groups excluding carboxylic acids is 1. The summed E-state index contributed by atoms with van der Waals surface area (Å²) in [6.07, 6.45) is 0.00509. The first-order valence-electron chi connectivity index (χ1n) is 6.88. The van der Waals surface area contributed by atoms with Gasteiger partial charge in [-0.05, 0) is 27.8 Å². The van der Waals surface area contributed by atoms with E-state index in [0.717, 1.165) is 30.4 Å². The first kappa shape index (κ1) is 15.4. The lowest BCUT2D eigenvalue weighted by molar-refractivity contribution is -0.148. The Morgan fingerprint density at radius 3 is 3.05 bits per heavy atom. The molecule has 20 heavy (non-hydrogen) atoms. The van der Waals surface area contributed by atoms with E-state index >= 15 is 0 Å². The van der Waals surface area contributed by atoms with E-state index in [4.69, 9.17) is 9.47 Å². The SMILES string of the molecule is CCOC(=O)C(C)(C)c1csc(C2CN(C)CCO2)n1. The first-order valence-corrected chi connectivity index (χ1v) is 7.76. The largest absolute Gasteiger partial charge is 0.465 e. The molecule has 2 heterocycles. The fourth-order valence-corrected chi connectivity index (χ4v) is 3.09. The highest BCUT2D eigenvalue weighted by atomic mass is 32.1. The van der Waals surface area contributed by atoms with Crippen LogP contribution in [-0.4, -0.2) is 49.2 Å². The van der Waals surface area contributed by atoms with Crippen LogP contribution in [0.5, 0.6) is 0 Å². The van der Waals surface area contributed by atoms with Crippen molar-refractivity contribution in [2.45, 2.75) is 32.3 Å². The molecule has 0 bridgehead atoms. The van der Waals surface area contributed by atoms with Gasteiger partial charge in [0.15, 0.2) is 0 Å². The minimum absolute atomic E-state index is 0.00509. The van der Waals surface area contributed by atoms with Crippen LogP contribution < -0.4 is 0 Å². The summed E-state index contributed by atoms with van der Waals surface area (Å²) >= 11 is 1.55. The number of esters is 1. The van der Waals surface area contributed by atoms with Crippen molar-refractivity contribution >= 4 is 17.3 Å². The van der Waals surface area contributed by atoms with E-state index in [1.54, 1.807) is 11.3 Å². The molecule has 112 valence electrons. The van der Waals surface area contributed by atoms with Gasteiger partial charge in [0.1, 0.15) is 16.5 Å². The van der Waals surface area contributed by atoms with Crippen LogP contribution in [0.15, 0.2) is 5.38 Å². The summed E-state index contributed by atoms with van der Waals surface area (Å²) in [5.74, 6) is -0.237. The zero-order valence-corrected chi connectivity index (χ0v) is 13.3. The standard InChI is InChI=1S/C14H22N2O3S/c1-5-18-13(17)14(2,3)11-9-20-12(15-11)10-8-16(4)6-7-19-10/h9-10H,5-8H2,1-4H3. The maximum Gasteiger partial charge on any atom is 0.317 e. The molecule has 0 amide bonds. The molecule has 1 unspecified atom stereocenters. The number of carbonyl (C=O) groups is 1. The molecule has 0 saturated carbocycles. The van der Waals surface area contributed by atoms with Crippen molar-refractivity contribution in [1.29, 1.82) is 0 Å². The number of hydrogen-bond donors (Lipinski definition) is 0. The molecular formula is C14H22N2O3S. The van der Waals surface area contributed by atoms with Gasteiger partial charge in [-0.15, -0.1) is 11.3 Å². The molecule has 5 nitrogen and oxygen atoms in total. The summed E-state index contributed by atoms with van der Waals surface area (Å²) in [6, 6.07) is 0. The Morgan fingerprint density at radius 2 is 2.40 bits per heavy atom. The predicted octanol–water partition coefficient (Wildman–Crippen LogP) is 1.99. The van der Waals surface area contributed by atoms with Gasteiger partial charge in [-0.3, -0.25) is 4.79 Å². The van der Waals surface area contributed by atoms with E-state index < -0.39 is 5.41 Å². The summed E-state index contributed by atoms with van der Waals surface area (Å²) in [5, 5.41) is 2.87. The van der Waals surface area contributed by atoms with Crippen molar-refractivity contribution in [3.05, 3.63) is 16.1 Å². The molecule has 0 aliphatic carbocycles. The average molecular weight is 298 g/mol. The van der Waals surface area contributed by atoms with E-state index in [9.17, 15) is 4.79 Å². The lowest BCUT2D eigenvalue weighted by atomic mass is 9.90. The van der Waals surface area contributed by atoms with Crippen LogP contribution in [0.25, 0.3) is 0 Å². The second kappa shape index (κ2) is 6.20. The van der Waals surface area contributed by atoms with Crippen LogP contribution in [0.2, 0.25) is 0 Å². The highest BCUT2D eigenvalue weighted by Crippen LogP contribution is 2.31. The monoisotopic (exact) mass is 298 g/mol. The van der Waals surface area contributed by atoms with Crippen LogP contribution in [0.3, 0.4) is 0 Å². The van der Waals surface area contributed by atoms with Crippen LogP contribution in [-0.2, 0) is 19.7 Å². The fraction of sp³-hybridized carbons (Fsp3) is 0.714. The Bertz CT molecular complexity index is 473. The van der Waals surface area contributed by atoms with Crippen LogP contribution in [0, 0.1) is 0 Å². The normalized spacial score (nSPS) is 20.9. The van der Waals surface area contributed by atoms with Gasteiger partial charge in [0.05, 0.1) is 18.9 Å². The molecular weight excluding hydrogens is 276 g/mol. The third-order valence-corrected chi connectivity index (χ3v) is 4.43. The molecule has 1 aliphatic heterocycles. The third-order valence-electron chi connectivity index (χ3n) is 3.49. The average Bonchev–Trinajstić information content (AvgIpc) is 2.89. The van der Waals surface area contributed by atoms with Crippen LogP contribution in [0.4, 0.5) is 0 Å². The summed E-state index contributed by atoms with van der Waals surface area (Å²) in [4.78, 5) is 18.8. The number of ether oxygens (including phenoxy) is 2. The van der Waals surface area contributed by atoms with Crippen LogP contribution in [0.1, 0.15) is 37.6 Å². The molecule has 1 saturated heterocycles. The predicted molar refractivity (Wildman–Crippen MR) is 78.0 cm³/mol. The zero-order valence-electron chi connectivity index (χ0n) is 12.5. The van der Waals surface area contributed by atoms with Gasteiger partial charge >= 0.3 is 5.97 Å². The molecule has 6 heteroatoms. The molecule has 0 aromatic carbocycles. The number of morpholine rings is 1. The van der Waals surface area contributed by atoms with E-state index in [2.05, 4.69) is 16.9 Å². The number of nitrogens with zero attached hydrogens (tertiary/aromatic N) is 2. The van der Waals surface area contributed by atoms with E-state index in [0.29, 0.717) is 6.61 Å². The van der Waals surface area contributed by atoms with Gasteiger partial charge in [0, 0.05) is 18.5 Å². The van der Waals surface area contributed by atoms with Crippen LogP contribution >= 0.6 is 11.3 Å². The molecule has 1 atom stereocenters. The Balaban J connectivity index is 2.13. The number of hydrogen-bond acceptors (Lipinski definition) is 6. The maximum absolute atomic E-state index is 12.0. The van der Waals surface area contributed by atoms with E-state index in [1.807, 2.05) is 26.2 Å². The lowest BCUT2D eigenvalue weighted by Gasteiger charge is -2.28. The summed E-state index contributed by atoms with van der Waals surface area (Å²) in [6.45, 7) is 8.39. The molecule has 1 aliphatic rings. The summed E-state index contributed by atoms with van der Waals surface area (Å²) in [7, 11) is 2.08. The maximum atomic E-state index is 12.0. The molecule has 0 N–H and O–H groups in total. The zero-order chi connectivity index (χ0) is 14.8. The third kappa shape index (κ3) is 3.19. The van der Waals surface area contributed by atoms with E-state index in [1.165, 1.54) is 0 Å². The summed E-state index contributed by atoms with van der Waals surface area (Å²) < 4.78 is 10.9. The van der Waals surface area contributed by atoms with Crippen molar-refractivity contribution in [2.24, 2.45) is 0 Å². The molecule has 1 aromatic rings. The first-order chi connectivity index (χ1) is 9.45. The molecule has 1 fully saturated rings. The minimum Gasteiger partial charge on any atom is -0.465 e. The number of rotatable bonds is 4. The topological polar surface area (TPSA) is 51.7 Å². The Labute approximate surface area is 123 Å². The summed E-state index contributed by atoms with van der Waals surface area (Å²) in [5.41, 5.74) is 0.0403. The van der Waals surface area contributed by atoms with Gasteiger partial charge in [-0.25, -0.2) is 4.98 Å². The second-order valence-corrected chi connectivity index (χ2v) is 6.43. The second-order valence-electron chi connectivity index (χ2n) is 5.54. The molecule has 1 aromatic heterocycles. The van der Waals surface area contributed by atoms with Gasteiger partial charge < -0.3 is 14.4 Å². The Hall–Kier alpha value is -0.980. The van der Waals surface area contributed by atoms with Gasteiger partial charge in [-0.1, -0.05) is 0 Å². The quantitative estimate of drug-likeness (QED) is 0.796. The van der Waals surface area contributed by atoms with Gasteiger partial charge in [0.25, 0.3) is 0 Å². The minimum atomic E-state index is -0.717. The van der Waals surface area contributed by atoms with Gasteiger partial charge in [-0.2, -0.15) is 0 Å². The van der Waals surface area contributed by atoms with Crippen molar-refractivity contribution in [1.82, 2.24) is 9.88 Å². The highest BCUT2D eigenvalue weighted by Gasteiger charge is 2.35. The van der Waals surface area contributed by atoms with Crippen molar-refractivity contribution in [2.75, 3.05) is 33.4 Å².